The molecule has 0 saturated carbocycles. The first kappa shape index (κ1) is 20.0. The molecule has 0 unspecified atom stereocenters. The van der Waals surface area contributed by atoms with Crippen LogP contribution in [0.15, 0.2) is 54.0 Å². The van der Waals surface area contributed by atoms with Crippen LogP contribution in [0.2, 0.25) is 0 Å². The lowest BCUT2D eigenvalue weighted by Gasteiger charge is -2.13. The van der Waals surface area contributed by atoms with Crippen molar-refractivity contribution in [3.8, 4) is 0 Å². The summed E-state index contributed by atoms with van der Waals surface area (Å²) >= 11 is 1.48. The van der Waals surface area contributed by atoms with Gasteiger partial charge < -0.3 is 4.57 Å². The zero-order chi connectivity index (χ0) is 21.4. The van der Waals surface area contributed by atoms with E-state index in [1.807, 2.05) is 11.5 Å². The van der Waals surface area contributed by atoms with Gasteiger partial charge in [-0.15, -0.1) is 6.58 Å². The summed E-state index contributed by atoms with van der Waals surface area (Å²) in [5.41, 5.74) is 4.20. The summed E-state index contributed by atoms with van der Waals surface area (Å²) in [6.45, 7) is 8.47. The van der Waals surface area contributed by atoms with E-state index in [0.717, 1.165) is 21.3 Å². The molecular weight excluding hydrogens is 398 g/mol. The Morgan fingerprint density at radius 2 is 1.80 bits per heavy atom. The lowest BCUT2D eigenvalue weighted by atomic mass is 10.1. The number of aromatic nitrogens is 1. The maximum atomic E-state index is 12.8. The molecule has 0 aliphatic carbocycles. The van der Waals surface area contributed by atoms with Crippen LogP contribution >= 0.6 is 11.3 Å². The molecule has 0 N–H and O–H groups in total. The maximum Gasteiger partial charge on any atom is 0.279 e. The van der Waals surface area contributed by atoms with Crippen molar-refractivity contribution in [2.24, 2.45) is 4.99 Å². The fourth-order valence-electron chi connectivity index (χ4n) is 3.67. The maximum absolute atomic E-state index is 12.8. The van der Waals surface area contributed by atoms with Gasteiger partial charge in [0.2, 0.25) is 11.8 Å². The molecule has 2 aromatic carbocycles. The fraction of sp³-hybridized carbons (Fsp3) is 0.217. The Morgan fingerprint density at radius 1 is 1.13 bits per heavy atom. The smallest absolute Gasteiger partial charge is 0.279 e. The second-order valence-electron chi connectivity index (χ2n) is 7.30. The first-order valence-corrected chi connectivity index (χ1v) is 10.5. The van der Waals surface area contributed by atoms with Gasteiger partial charge in [0, 0.05) is 24.9 Å². The molecule has 0 spiro atoms. The first-order valence-electron chi connectivity index (χ1n) is 9.65. The molecule has 6 nitrogen and oxygen atoms in total. The van der Waals surface area contributed by atoms with Crippen LogP contribution in [0.4, 0.5) is 5.69 Å². The number of imide groups is 1. The standard InChI is InChI=1S/C23H21N3O3S/c1-4-11-25-18-13-14(2)12-15(3)21(18)30-23(25)24-22(29)16-5-7-17(8-6-16)26-19(27)9-10-20(26)28/h4-8,12-13H,1,9-11H2,2-3H3. The van der Waals surface area contributed by atoms with Crippen LogP contribution in [0.1, 0.15) is 34.3 Å². The van der Waals surface area contributed by atoms with E-state index in [1.54, 1.807) is 30.3 Å². The van der Waals surface area contributed by atoms with E-state index in [9.17, 15) is 14.4 Å². The van der Waals surface area contributed by atoms with Gasteiger partial charge in [0.1, 0.15) is 0 Å². The van der Waals surface area contributed by atoms with Crippen molar-refractivity contribution in [3.63, 3.8) is 0 Å². The topological polar surface area (TPSA) is 71.7 Å². The van der Waals surface area contributed by atoms with E-state index in [1.165, 1.54) is 16.2 Å². The number of fused-ring (bicyclic) bond motifs is 1. The SMILES string of the molecule is C=CCn1c(=NC(=O)c2ccc(N3C(=O)CCC3=O)cc2)sc2c(C)cc(C)cc21. The second-order valence-corrected chi connectivity index (χ2v) is 8.28. The van der Waals surface area contributed by atoms with Gasteiger partial charge in [0.05, 0.1) is 15.9 Å². The average Bonchev–Trinajstić information content (AvgIpc) is 3.22. The molecule has 1 aliphatic heterocycles. The van der Waals surface area contributed by atoms with Crippen molar-refractivity contribution in [2.75, 3.05) is 4.90 Å². The Kier molecular flexibility index (Phi) is 5.22. The third-order valence-corrected chi connectivity index (χ3v) is 6.28. The lowest BCUT2D eigenvalue weighted by Crippen LogP contribution is -2.28. The van der Waals surface area contributed by atoms with Gasteiger partial charge in [0.25, 0.3) is 5.91 Å². The van der Waals surface area contributed by atoms with Gasteiger partial charge in [-0.1, -0.05) is 23.5 Å². The summed E-state index contributed by atoms with van der Waals surface area (Å²) in [4.78, 5) is 42.7. The fourth-order valence-corrected chi connectivity index (χ4v) is 4.76. The van der Waals surface area contributed by atoms with E-state index in [2.05, 4.69) is 30.6 Å². The highest BCUT2D eigenvalue weighted by atomic mass is 32.1. The Labute approximate surface area is 177 Å². The minimum atomic E-state index is -0.376. The van der Waals surface area contributed by atoms with Gasteiger partial charge in [-0.25, -0.2) is 0 Å². The number of benzene rings is 2. The highest BCUT2D eigenvalue weighted by Gasteiger charge is 2.30. The summed E-state index contributed by atoms with van der Waals surface area (Å²) in [7, 11) is 0. The number of anilines is 1. The highest BCUT2D eigenvalue weighted by molar-refractivity contribution is 7.16. The molecule has 4 rings (SSSR count). The molecule has 152 valence electrons. The molecule has 0 atom stereocenters. The van der Waals surface area contributed by atoms with E-state index < -0.39 is 0 Å². The minimum Gasteiger partial charge on any atom is -0.312 e. The molecule has 7 heteroatoms. The third-order valence-electron chi connectivity index (χ3n) is 5.05. The van der Waals surface area contributed by atoms with Crippen LogP contribution in [-0.4, -0.2) is 22.3 Å². The lowest BCUT2D eigenvalue weighted by molar-refractivity contribution is -0.121. The third kappa shape index (κ3) is 3.52. The van der Waals surface area contributed by atoms with Crippen molar-refractivity contribution in [1.29, 1.82) is 0 Å². The Hall–Kier alpha value is -3.32. The van der Waals surface area contributed by atoms with Crippen molar-refractivity contribution in [1.82, 2.24) is 4.57 Å². The molecule has 1 saturated heterocycles. The van der Waals surface area contributed by atoms with E-state index in [-0.39, 0.29) is 30.6 Å². The van der Waals surface area contributed by atoms with E-state index in [4.69, 9.17) is 0 Å². The van der Waals surface area contributed by atoms with Gasteiger partial charge >= 0.3 is 0 Å². The van der Waals surface area contributed by atoms with Crippen LogP contribution < -0.4 is 9.70 Å². The largest absolute Gasteiger partial charge is 0.312 e. The molecule has 1 aliphatic rings. The Bertz CT molecular complexity index is 1250. The predicted molar refractivity (Wildman–Crippen MR) is 118 cm³/mol. The van der Waals surface area contributed by atoms with Crippen LogP contribution in [0.25, 0.3) is 10.2 Å². The molecule has 0 radical (unpaired) electrons. The number of amides is 3. The van der Waals surface area contributed by atoms with Gasteiger partial charge in [0.15, 0.2) is 4.80 Å². The number of allylic oxidation sites excluding steroid dienone is 1. The average molecular weight is 420 g/mol. The van der Waals surface area contributed by atoms with E-state index >= 15 is 0 Å². The molecular formula is C23H21N3O3S. The van der Waals surface area contributed by atoms with Crippen molar-refractivity contribution in [3.05, 3.63) is 70.5 Å². The molecule has 0 bridgehead atoms. The van der Waals surface area contributed by atoms with Crippen molar-refractivity contribution in [2.45, 2.75) is 33.2 Å². The summed E-state index contributed by atoms with van der Waals surface area (Å²) < 4.78 is 3.08. The minimum absolute atomic E-state index is 0.217. The molecule has 2 heterocycles. The van der Waals surface area contributed by atoms with Gasteiger partial charge in [-0.2, -0.15) is 4.99 Å². The van der Waals surface area contributed by atoms with Crippen molar-refractivity contribution < 1.29 is 14.4 Å². The number of nitrogens with zero attached hydrogens (tertiary/aromatic N) is 3. The molecule has 1 aromatic heterocycles. The van der Waals surface area contributed by atoms with Gasteiger partial charge in [-0.3, -0.25) is 19.3 Å². The first-order chi connectivity index (χ1) is 14.4. The van der Waals surface area contributed by atoms with E-state index in [0.29, 0.717) is 22.6 Å². The number of rotatable bonds is 4. The number of carbonyl (C=O) groups is 3. The summed E-state index contributed by atoms with van der Waals surface area (Å²) in [6, 6.07) is 10.6. The van der Waals surface area contributed by atoms with Gasteiger partial charge in [-0.05, 0) is 55.3 Å². The monoisotopic (exact) mass is 419 g/mol. The predicted octanol–water partition coefficient (Wildman–Crippen LogP) is 3.90. The summed E-state index contributed by atoms with van der Waals surface area (Å²) in [5.74, 6) is -0.810. The quantitative estimate of drug-likeness (QED) is 0.476. The molecule has 3 amide bonds. The number of thiazole rings is 1. The highest BCUT2D eigenvalue weighted by Crippen LogP contribution is 2.25. The normalized spacial score (nSPS) is 14.7. The molecule has 1 fully saturated rings. The number of aryl methyl sites for hydroxylation is 2. The number of carbonyl (C=O) groups excluding carboxylic acids is 3. The summed E-state index contributed by atoms with van der Waals surface area (Å²) in [6.07, 6.45) is 2.23. The van der Waals surface area contributed by atoms with Crippen LogP contribution in [0, 0.1) is 13.8 Å². The second kappa shape index (κ2) is 7.84. The molecule has 30 heavy (non-hydrogen) atoms. The van der Waals surface area contributed by atoms with Crippen LogP contribution in [0.3, 0.4) is 0 Å². The zero-order valence-electron chi connectivity index (χ0n) is 16.8. The van der Waals surface area contributed by atoms with Crippen LogP contribution in [-0.2, 0) is 16.1 Å². The van der Waals surface area contributed by atoms with Crippen LogP contribution in [0.5, 0.6) is 0 Å². The Morgan fingerprint density at radius 3 is 2.43 bits per heavy atom. The number of hydrogen-bond acceptors (Lipinski definition) is 4. The van der Waals surface area contributed by atoms with Crippen molar-refractivity contribution >= 4 is 45.0 Å². The molecule has 3 aromatic rings. The Balaban J connectivity index is 1.72. The zero-order valence-corrected chi connectivity index (χ0v) is 17.7. The number of hydrogen-bond donors (Lipinski definition) is 0. The summed E-state index contributed by atoms with van der Waals surface area (Å²) in [5, 5.41) is 0.